The lowest BCUT2D eigenvalue weighted by molar-refractivity contribution is -0.117. The van der Waals surface area contributed by atoms with Gasteiger partial charge in [0, 0.05) is 0 Å². The van der Waals surface area contributed by atoms with E-state index in [4.69, 9.17) is 15.6 Å². The molecule has 0 radical (unpaired) electrons. The summed E-state index contributed by atoms with van der Waals surface area (Å²) in [7, 11) is 1.44. The Morgan fingerprint density at radius 3 is 2.55 bits per heavy atom. The van der Waals surface area contributed by atoms with Crippen molar-refractivity contribution in [3.8, 4) is 5.75 Å². The highest BCUT2D eigenvalue weighted by Crippen LogP contribution is 2.22. The molecular formula is C14H20N2O4. The first kappa shape index (κ1) is 16.0. The van der Waals surface area contributed by atoms with E-state index in [-0.39, 0.29) is 17.2 Å². The standard InChI is InChI=1S/C14H20N2O4/c1-8(2)6-11(15)13(17)16-12-5-4-9(20-3)7-10(12)14(18)19/h4-5,7-8,11H,6,15H2,1-3H3,(H,16,17)(H,18,19)/t11-/m1/s1. The van der Waals surface area contributed by atoms with E-state index in [1.165, 1.54) is 19.2 Å². The van der Waals surface area contributed by atoms with Gasteiger partial charge in [0.1, 0.15) is 5.75 Å². The minimum absolute atomic E-state index is 0.0329. The summed E-state index contributed by atoms with van der Waals surface area (Å²) < 4.78 is 4.96. The summed E-state index contributed by atoms with van der Waals surface area (Å²) in [6.45, 7) is 3.92. The van der Waals surface area contributed by atoms with Crippen molar-refractivity contribution in [1.82, 2.24) is 0 Å². The van der Waals surface area contributed by atoms with E-state index in [9.17, 15) is 9.59 Å². The third-order valence-corrected chi connectivity index (χ3v) is 2.78. The van der Waals surface area contributed by atoms with E-state index < -0.39 is 17.9 Å². The van der Waals surface area contributed by atoms with Crippen LogP contribution in [0.25, 0.3) is 0 Å². The first-order valence-corrected chi connectivity index (χ1v) is 6.33. The number of methoxy groups -OCH3 is 1. The number of hydrogen-bond acceptors (Lipinski definition) is 4. The van der Waals surface area contributed by atoms with Crippen molar-refractivity contribution in [1.29, 1.82) is 0 Å². The molecule has 0 aliphatic rings. The van der Waals surface area contributed by atoms with Crippen LogP contribution in [-0.2, 0) is 4.79 Å². The van der Waals surface area contributed by atoms with Crippen LogP contribution in [0.1, 0.15) is 30.6 Å². The van der Waals surface area contributed by atoms with Gasteiger partial charge in [-0.3, -0.25) is 4.79 Å². The van der Waals surface area contributed by atoms with Gasteiger partial charge in [-0.05, 0) is 30.5 Å². The molecule has 0 saturated carbocycles. The largest absolute Gasteiger partial charge is 0.497 e. The van der Waals surface area contributed by atoms with Crippen LogP contribution in [-0.4, -0.2) is 30.1 Å². The fourth-order valence-electron chi connectivity index (χ4n) is 1.78. The molecule has 0 spiro atoms. The molecule has 4 N–H and O–H groups in total. The quantitative estimate of drug-likeness (QED) is 0.736. The Labute approximate surface area is 117 Å². The topological polar surface area (TPSA) is 102 Å². The fourth-order valence-corrected chi connectivity index (χ4v) is 1.78. The highest BCUT2D eigenvalue weighted by atomic mass is 16.5. The molecule has 0 saturated heterocycles. The fraction of sp³-hybridized carbons (Fsp3) is 0.429. The van der Waals surface area contributed by atoms with E-state index >= 15 is 0 Å². The van der Waals surface area contributed by atoms with E-state index in [1.54, 1.807) is 6.07 Å². The molecule has 110 valence electrons. The van der Waals surface area contributed by atoms with Gasteiger partial charge < -0.3 is 20.9 Å². The minimum atomic E-state index is -1.14. The predicted octanol–water partition coefficient (Wildman–Crippen LogP) is 1.71. The van der Waals surface area contributed by atoms with Crippen molar-refractivity contribution in [2.24, 2.45) is 11.7 Å². The summed E-state index contributed by atoms with van der Waals surface area (Å²) in [4.78, 5) is 23.1. The van der Waals surface area contributed by atoms with Crippen molar-refractivity contribution in [2.75, 3.05) is 12.4 Å². The first-order chi connectivity index (χ1) is 9.35. The highest BCUT2D eigenvalue weighted by Gasteiger charge is 2.18. The van der Waals surface area contributed by atoms with Crippen LogP contribution in [0.2, 0.25) is 0 Å². The molecule has 0 aromatic heterocycles. The number of carbonyl (C=O) groups is 2. The van der Waals surface area contributed by atoms with Gasteiger partial charge in [-0.25, -0.2) is 4.79 Å². The number of ether oxygens (including phenoxy) is 1. The van der Waals surface area contributed by atoms with Crippen molar-refractivity contribution in [3.05, 3.63) is 23.8 Å². The Hall–Kier alpha value is -2.08. The molecule has 1 rings (SSSR count). The summed E-state index contributed by atoms with van der Waals surface area (Å²) >= 11 is 0. The van der Waals surface area contributed by atoms with Gasteiger partial charge in [0.2, 0.25) is 5.91 Å². The third kappa shape index (κ3) is 4.24. The number of aromatic carboxylic acids is 1. The third-order valence-electron chi connectivity index (χ3n) is 2.78. The van der Waals surface area contributed by atoms with Gasteiger partial charge >= 0.3 is 5.97 Å². The van der Waals surface area contributed by atoms with Crippen molar-refractivity contribution in [2.45, 2.75) is 26.3 Å². The summed E-state index contributed by atoms with van der Waals surface area (Å²) in [5, 5.41) is 11.7. The van der Waals surface area contributed by atoms with Gasteiger partial charge in [-0.2, -0.15) is 0 Å². The summed E-state index contributed by atoms with van der Waals surface area (Å²) in [6.07, 6.45) is 0.532. The summed E-state index contributed by atoms with van der Waals surface area (Å²) in [6, 6.07) is 3.75. The maximum Gasteiger partial charge on any atom is 0.337 e. The molecule has 0 aliphatic heterocycles. The molecule has 1 atom stereocenters. The van der Waals surface area contributed by atoms with Gasteiger partial charge in [-0.15, -0.1) is 0 Å². The van der Waals surface area contributed by atoms with Crippen molar-refractivity contribution >= 4 is 17.6 Å². The molecule has 6 heteroatoms. The number of rotatable bonds is 6. The van der Waals surface area contributed by atoms with Crippen molar-refractivity contribution in [3.63, 3.8) is 0 Å². The number of nitrogens with two attached hydrogens (primary N) is 1. The van der Waals surface area contributed by atoms with Crippen LogP contribution >= 0.6 is 0 Å². The van der Waals surface area contributed by atoms with Crippen LogP contribution in [0.3, 0.4) is 0 Å². The highest BCUT2D eigenvalue weighted by molar-refractivity contribution is 6.02. The Balaban J connectivity index is 2.91. The molecule has 6 nitrogen and oxygen atoms in total. The van der Waals surface area contributed by atoms with Crippen molar-refractivity contribution < 1.29 is 19.4 Å². The Morgan fingerprint density at radius 1 is 1.40 bits per heavy atom. The van der Waals surface area contributed by atoms with Crippen LogP contribution in [0.15, 0.2) is 18.2 Å². The average molecular weight is 280 g/mol. The zero-order chi connectivity index (χ0) is 15.3. The van der Waals surface area contributed by atoms with Gasteiger partial charge in [-0.1, -0.05) is 13.8 Å². The number of benzene rings is 1. The average Bonchev–Trinajstić information content (AvgIpc) is 2.37. The molecule has 20 heavy (non-hydrogen) atoms. The monoisotopic (exact) mass is 280 g/mol. The number of anilines is 1. The van der Waals surface area contributed by atoms with Crippen LogP contribution in [0.5, 0.6) is 5.75 Å². The first-order valence-electron chi connectivity index (χ1n) is 6.33. The maximum atomic E-state index is 11.9. The predicted molar refractivity (Wildman–Crippen MR) is 76.0 cm³/mol. The number of hydrogen-bond donors (Lipinski definition) is 3. The summed E-state index contributed by atoms with van der Waals surface area (Å²) in [5.41, 5.74) is 5.94. The molecule has 1 amide bonds. The normalized spacial score (nSPS) is 12.1. The van der Waals surface area contributed by atoms with Gasteiger partial charge in [0.15, 0.2) is 0 Å². The molecular weight excluding hydrogens is 260 g/mol. The molecule has 0 aliphatic carbocycles. The molecule has 0 fully saturated rings. The maximum absolute atomic E-state index is 11.9. The Bertz CT molecular complexity index is 500. The van der Waals surface area contributed by atoms with Gasteiger partial charge in [0.05, 0.1) is 24.4 Å². The number of carboxylic acid groups (broad SMARTS) is 1. The lowest BCUT2D eigenvalue weighted by atomic mass is 10.0. The number of nitrogens with one attached hydrogen (secondary N) is 1. The lowest BCUT2D eigenvalue weighted by Gasteiger charge is -2.15. The second kappa shape index (κ2) is 6.91. The van der Waals surface area contributed by atoms with E-state index in [1.807, 2.05) is 13.8 Å². The molecule has 1 aromatic rings. The Morgan fingerprint density at radius 2 is 2.05 bits per heavy atom. The summed E-state index contributed by atoms with van der Waals surface area (Å²) in [5.74, 6) is -0.847. The lowest BCUT2D eigenvalue weighted by Crippen LogP contribution is -2.37. The minimum Gasteiger partial charge on any atom is -0.497 e. The van der Waals surface area contributed by atoms with Crippen LogP contribution in [0.4, 0.5) is 5.69 Å². The number of carbonyl (C=O) groups excluding carboxylic acids is 1. The molecule has 1 aromatic carbocycles. The van der Waals surface area contributed by atoms with E-state index in [0.717, 1.165) is 0 Å². The second-order valence-corrected chi connectivity index (χ2v) is 4.94. The zero-order valence-corrected chi connectivity index (χ0v) is 11.8. The van der Waals surface area contributed by atoms with Crippen LogP contribution in [0, 0.1) is 5.92 Å². The molecule has 0 heterocycles. The number of amides is 1. The Kier molecular flexibility index (Phi) is 5.52. The van der Waals surface area contributed by atoms with E-state index in [2.05, 4.69) is 5.32 Å². The van der Waals surface area contributed by atoms with Crippen LogP contribution < -0.4 is 15.8 Å². The smallest absolute Gasteiger partial charge is 0.337 e. The molecule has 0 unspecified atom stereocenters. The molecule has 0 bridgehead atoms. The SMILES string of the molecule is COc1ccc(NC(=O)[C@H](N)CC(C)C)c(C(=O)O)c1. The zero-order valence-electron chi connectivity index (χ0n) is 11.8. The van der Waals surface area contributed by atoms with E-state index in [0.29, 0.717) is 12.2 Å². The second-order valence-electron chi connectivity index (χ2n) is 4.94. The van der Waals surface area contributed by atoms with Gasteiger partial charge in [0.25, 0.3) is 0 Å². The number of carboxylic acids is 1.